The van der Waals surface area contributed by atoms with E-state index in [9.17, 15) is 0 Å². The third-order valence-corrected chi connectivity index (χ3v) is 3.10. The van der Waals surface area contributed by atoms with Gasteiger partial charge in [0.2, 0.25) is 0 Å². The number of benzene rings is 1. The molecule has 0 aliphatic heterocycles. The molecule has 1 aromatic carbocycles. The Bertz CT molecular complexity index is 546. The molecule has 0 spiro atoms. The molecule has 1 heterocycles. The van der Waals surface area contributed by atoms with Crippen molar-refractivity contribution < 1.29 is 4.74 Å². The van der Waals surface area contributed by atoms with E-state index in [0.717, 1.165) is 12.1 Å². The number of nitrogens with zero attached hydrogens (tertiary/aromatic N) is 1. The molecule has 0 saturated carbocycles. The quantitative estimate of drug-likeness (QED) is 0.924. The minimum Gasteiger partial charge on any atom is -0.454 e. The summed E-state index contributed by atoms with van der Waals surface area (Å²) in [4.78, 5) is 4.11. The summed E-state index contributed by atoms with van der Waals surface area (Å²) < 4.78 is 5.67. The van der Waals surface area contributed by atoms with Gasteiger partial charge in [0.1, 0.15) is 16.5 Å². The predicted molar refractivity (Wildman–Crippen MR) is 73.5 cm³/mol. The summed E-state index contributed by atoms with van der Waals surface area (Å²) in [5, 5.41) is 3.92. The van der Waals surface area contributed by atoms with Gasteiger partial charge in [-0.3, -0.25) is 4.98 Å². The Morgan fingerprint density at radius 3 is 2.89 bits per heavy atom. The summed E-state index contributed by atoms with van der Waals surface area (Å²) in [6.07, 6.45) is 3.42. The highest BCUT2D eigenvalue weighted by molar-refractivity contribution is 6.42. The molecule has 2 rings (SSSR count). The highest BCUT2D eigenvalue weighted by atomic mass is 35.5. The first-order valence-electron chi connectivity index (χ1n) is 5.41. The first kappa shape index (κ1) is 13.1. The van der Waals surface area contributed by atoms with Gasteiger partial charge >= 0.3 is 0 Å². The fourth-order valence-electron chi connectivity index (χ4n) is 1.51. The van der Waals surface area contributed by atoms with Gasteiger partial charge in [0.25, 0.3) is 0 Å². The summed E-state index contributed by atoms with van der Waals surface area (Å²) in [7, 11) is 1.88. The average molecular weight is 283 g/mol. The molecular weight excluding hydrogens is 271 g/mol. The van der Waals surface area contributed by atoms with Crippen LogP contribution in [0.15, 0.2) is 36.7 Å². The summed E-state index contributed by atoms with van der Waals surface area (Å²) in [5.41, 5.74) is 1.04. The Morgan fingerprint density at radius 2 is 2.11 bits per heavy atom. The zero-order chi connectivity index (χ0) is 13.0. The maximum Gasteiger partial charge on any atom is 0.147 e. The number of hydrogen-bond acceptors (Lipinski definition) is 3. The lowest BCUT2D eigenvalue weighted by molar-refractivity contribution is 0.479. The maximum absolute atomic E-state index is 6.05. The minimum absolute atomic E-state index is 0.401. The molecule has 5 heteroatoms. The normalized spacial score (nSPS) is 10.4. The van der Waals surface area contributed by atoms with Crippen LogP contribution in [0.3, 0.4) is 0 Å². The summed E-state index contributed by atoms with van der Waals surface area (Å²) in [6.45, 7) is 0.730. The molecule has 0 saturated heterocycles. The minimum atomic E-state index is 0.401. The van der Waals surface area contributed by atoms with Crippen molar-refractivity contribution in [1.29, 1.82) is 0 Å². The number of pyridine rings is 1. The van der Waals surface area contributed by atoms with Crippen LogP contribution in [0.4, 0.5) is 0 Å². The van der Waals surface area contributed by atoms with Crippen LogP contribution >= 0.6 is 23.2 Å². The van der Waals surface area contributed by atoms with Crippen LogP contribution in [0.2, 0.25) is 10.0 Å². The first-order chi connectivity index (χ1) is 8.70. The molecule has 0 unspecified atom stereocenters. The predicted octanol–water partition coefficient (Wildman–Crippen LogP) is 3.90. The van der Waals surface area contributed by atoms with E-state index in [2.05, 4.69) is 10.3 Å². The standard InChI is InChI=1S/C13H12Cl2N2O/c1-16-6-9-5-10(8-17-7-9)18-12-4-2-3-11(14)13(12)15/h2-5,7-8,16H,6H2,1H3. The number of ether oxygens (including phenoxy) is 1. The highest BCUT2D eigenvalue weighted by Crippen LogP contribution is 2.34. The second kappa shape index (κ2) is 6.05. The molecule has 0 fully saturated rings. The molecule has 0 bridgehead atoms. The van der Waals surface area contributed by atoms with Crippen molar-refractivity contribution >= 4 is 23.2 Å². The second-order valence-corrected chi connectivity index (χ2v) is 4.50. The molecule has 1 N–H and O–H groups in total. The monoisotopic (exact) mass is 282 g/mol. The van der Waals surface area contributed by atoms with Gasteiger partial charge in [-0.1, -0.05) is 29.3 Å². The van der Waals surface area contributed by atoms with E-state index in [1.807, 2.05) is 13.1 Å². The van der Waals surface area contributed by atoms with Crippen molar-refractivity contribution in [3.63, 3.8) is 0 Å². The molecule has 0 amide bonds. The fraction of sp³-hybridized carbons (Fsp3) is 0.154. The van der Waals surface area contributed by atoms with Gasteiger partial charge in [0.05, 0.1) is 11.2 Å². The molecule has 94 valence electrons. The second-order valence-electron chi connectivity index (χ2n) is 3.71. The van der Waals surface area contributed by atoms with Crippen molar-refractivity contribution in [2.45, 2.75) is 6.54 Å². The molecular formula is C13H12Cl2N2O. The van der Waals surface area contributed by atoms with Gasteiger partial charge in [-0.05, 0) is 30.8 Å². The van der Waals surface area contributed by atoms with Crippen LogP contribution in [-0.4, -0.2) is 12.0 Å². The van der Waals surface area contributed by atoms with E-state index in [1.54, 1.807) is 30.6 Å². The largest absolute Gasteiger partial charge is 0.454 e. The summed E-state index contributed by atoms with van der Waals surface area (Å²) in [5.74, 6) is 1.15. The van der Waals surface area contributed by atoms with Gasteiger partial charge in [-0.15, -0.1) is 0 Å². The van der Waals surface area contributed by atoms with Crippen LogP contribution in [0.5, 0.6) is 11.5 Å². The highest BCUT2D eigenvalue weighted by Gasteiger charge is 2.07. The van der Waals surface area contributed by atoms with Crippen LogP contribution < -0.4 is 10.1 Å². The van der Waals surface area contributed by atoms with Crippen LogP contribution in [0.25, 0.3) is 0 Å². The van der Waals surface area contributed by atoms with E-state index in [4.69, 9.17) is 27.9 Å². The fourth-order valence-corrected chi connectivity index (χ4v) is 1.84. The van der Waals surface area contributed by atoms with Crippen molar-refractivity contribution in [1.82, 2.24) is 10.3 Å². The van der Waals surface area contributed by atoms with Crippen LogP contribution in [-0.2, 0) is 6.54 Å². The first-order valence-corrected chi connectivity index (χ1v) is 6.16. The van der Waals surface area contributed by atoms with E-state index < -0.39 is 0 Å². The molecule has 0 radical (unpaired) electrons. The lowest BCUT2D eigenvalue weighted by atomic mass is 10.3. The number of halogens is 2. The molecule has 0 aliphatic rings. The van der Waals surface area contributed by atoms with Gasteiger partial charge in [0, 0.05) is 12.7 Å². The number of nitrogens with one attached hydrogen (secondary N) is 1. The van der Waals surface area contributed by atoms with Crippen molar-refractivity contribution in [3.05, 3.63) is 52.3 Å². The van der Waals surface area contributed by atoms with Gasteiger partial charge < -0.3 is 10.1 Å². The average Bonchev–Trinajstić information content (AvgIpc) is 2.36. The third-order valence-electron chi connectivity index (χ3n) is 2.29. The summed E-state index contributed by atoms with van der Waals surface area (Å²) >= 11 is 12.0. The molecule has 1 aromatic heterocycles. The van der Waals surface area contributed by atoms with Crippen molar-refractivity contribution in [2.24, 2.45) is 0 Å². The van der Waals surface area contributed by atoms with Gasteiger partial charge in [0.15, 0.2) is 0 Å². The van der Waals surface area contributed by atoms with Gasteiger partial charge in [-0.25, -0.2) is 0 Å². The Hall–Kier alpha value is -1.29. The van der Waals surface area contributed by atoms with Crippen molar-refractivity contribution in [3.8, 4) is 11.5 Å². The number of rotatable bonds is 4. The Labute approximate surface area is 116 Å². The Balaban J connectivity index is 2.23. The van der Waals surface area contributed by atoms with Crippen molar-refractivity contribution in [2.75, 3.05) is 7.05 Å². The molecule has 2 aromatic rings. The number of aromatic nitrogens is 1. The lowest BCUT2D eigenvalue weighted by Crippen LogP contribution is -2.05. The Morgan fingerprint density at radius 1 is 1.28 bits per heavy atom. The zero-order valence-electron chi connectivity index (χ0n) is 9.78. The Kier molecular flexibility index (Phi) is 4.42. The van der Waals surface area contributed by atoms with E-state index >= 15 is 0 Å². The molecule has 0 atom stereocenters. The van der Waals surface area contributed by atoms with E-state index in [1.165, 1.54) is 0 Å². The molecule has 18 heavy (non-hydrogen) atoms. The SMILES string of the molecule is CNCc1cncc(Oc2cccc(Cl)c2Cl)c1. The summed E-state index contributed by atoms with van der Waals surface area (Å²) in [6, 6.07) is 7.17. The topological polar surface area (TPSA) is 34.2 Å². The zero-order valence-corrected chi connectivity index (χ0v) is 11.3. The maximum atomic E-state index is 6.05. The van der Waals surface area contributed by atoms with Gasteiger partial charge in [-0.2, -0.15) is 0 Å². The smallest absolute Gasteiger partial charge is 0.147 e. The molecule has 3 nitrogen and oxygen atoms in total. The van der Waals surface area contributed by atoms with E-state index in [0.29, 0.717) is 21.5 Å². The third kappa shape index (κ3) is 3.13. The lowest BCUT2D eigenvalue weighted by Gasteiger charge is -2.09. The van der Waals surface area contributed by atoms with Crippen LogP contribution in [0.1, 0.15) is 5.56 Å². The van der Waals surface area contributed by atoms with E-state index in [-0.39, 0.29) is 0 Å². The van der Waals surface area contributed by atoms with Crippen LogP contribution in [0, 0.1) is 0 Å². The number of hydrogen-bond donors (Lipinski definition) is 1. The molecule has 0 aliphatic carbocycles.